The molecule has 0 saturated carbocycles. The molecule has 1 saturated heterocycles. The summed E-state index contributed by atoms with van der Waals surface area (Å²) in [6.07, 6.45) is 3.85. The van der Waals surface area contributed by atoms with Gasteiger partial charge in [0.15, 0.2) is 0 Å². The molecule has 19 heavy (non-hydrogen) atoms. The van der Waals surface area contributed by atoms with Crippen LogP contribution in [0.15, 0.2) is 24.3 Å². The van der Waals surface area contributed by atoms with E-state index in [-0.39, 0.29) is 0 Å². The average molecular weight is 260 g/mol. The lowest BCUT2D eigenvalue weighted by molar-refractivity contribution is 0.443. The summed E-state index contributed by atoms with van der Waals surface area (Å²) in [5.41, 5.74) is 2.92. The standard InChI is InChI=1S/C17H28N2/c1-4-16(18-5-2)15-10-6-7-11-17(15)19-12-8-9-14(3)13-19/h6-7,10-11,14,16,18H,4-5,8-9,12-13H2,1-3H3. The van der Waals surface area contributed by atoms with Gasteiger partial charge in [0, 0.05) is 24.8 Å². The average Bonchev–Trinajstić information content (AvgIpc) is 2.45. The molecule has 0 amide bonds. The van der Waals surface area contributed by atoms with Gasteiger partial charge in [0.25, 0.3) is 0 Å². The van der Waals surface area contributed by atoms with Gasteiger partial charge < -0.3 is 10.2 Å². The Bertz CT molecular complexity index is 389. The van der Waals surface area contributed by atoms with Crippen molar-refractivity contribution in [3.05, 3.63) is 29.8 Å². The molecule has 0 aromatic heterocycles. The van der Waals surface area contributed by atoms with E-state index >= 15 is 0 Å². The summed E-state index contributed by atoms with van der Waals surface area (Å²) < 4.78 is 0. The van der Waals surface area contributed by atoms with E-state index in [1.807, 2.05) is 0 Å². The van der Waals surface area contributed by atoms with Gasteiger partial charge in [0.1, 0.15) is 0 Å². The number of benzene rings is 1. The van der Waals surface area contributed by atoms with E-state index in [1.54, 1.807) is 0 Å². The first-order chi connectivity index (χ1) is 9.26. The lowest BCUT2D eigenvalue weighted by Crippen LogP contribution is -2.35. The zero-order valence-electron chi connectivity index (χ0n) is 12.7. The number of hydrogen-bond acceptors (Lipinski definition) is 2. The Morgan fingerprint density at radius 1 is 1.32 bits per heavy atom. The SMILES string of the molecule is CCNC(CC)c1ccccc1N1CCCC(C)C1. The summed E-state index contributed by atoms with van der Waals surface area (Å²) in [4.78, 5) is 2.59. The maximum absolute atomic E-state index is 3.61. The number of para-hydroxylation sites is 1. The van der Waals surface area contributed by atoms with E-state index in [0.717, 1.165) is 18.9 Å². The van der Waals surface area contributed by atoms with Crippen LogP contribution in [0.3, 0.4) is 0 Å². The molecule has 2 unspecified atom stereocenters. The van der Waals surface area contributed by atoms with Crippen LogP contribution in [-0.4, -0.2) is 19.6 Å². The number of anilines is 1. The third-order valence-electron chi connectivity index (χ3n) is 4.17. The molecule has 1 N–H and O–H groups in total. The number of rotatable bonds is 5. The van der Waals surface area contributed by atoms with E-state index < -0.39 is 0 Å². The second kappa shape index (κ2) is 6.95. The van der Waals surface area contributed by atoms with Gasteiger partial charge in [-0.05, 0) is 43.4 Å². The maximum Gasteiger partial charge on any atom is 0.0414 e. The molecule has 1 aliphatic rings. The number of nitrogens with zero attached hydrogens (tertiary/aromatic N) is 1. The van der Waals surface area contributed by atoms with Gasteiger partial charge in [0.05, 0.1) is 0 Å². The Balaban J connectivity index is 2.24. The number of hydrogen-bond donors (Lipinski definition) is 1. The van der Waals surface area contributed by atoms with Crippen molar-refractivity contribution >= 4 is 5.69 Å². The molecule has 2 heteroatoms. The van der Waals surface area contributed by atoms with Crippen LogP contribution in [0.4, 0.5) is 5.69 Å². The lowest BCUT2D eigenvalue weighted by atomic mass is 9.96. The van der Waals surface area contributed by atoms with Crippen molar-refractivity contribution in [2.75, 3.05) is 24.5 Å². The smallest absolute Gasteiger partial charge is 0.0414 e. The third-order valence-corrected chi connectivity index (χ3v) is 4.17. The van der Waals surface area contributed by atoms with Crippen LogP contribution in [0.5, 0.6) is 0 Å². The summed E-state index contributed by atoms with van der Waals surface area (Å²) in [5, 5.41) is 3.61. The fraction of sp³-hybridized carbons (Fsp3) is 0.647. The van der Waals surface area contributed by atoms with Crippen molar-refractivity contribution in [1.82, 2.24) is 5.32 Å². The minimum Gasteiger partial charge on any atom is -0.371 e. The van der Waals surface area contributed by atoms with Crippen molar-refractivity contribution in [3.63, 3.8) is 0 Å². The molecule has 1 aliphatic heterocycles. The van der Waals surface area contributed by atoms with Crippen LogP contribution in [0.1, 0.15) is 51.6 Å². The molecule has 106 valence electrons. The molecule has 1 aromatic carbocycles. The summed E-state index contributed by atoms with van der Waals surface area (Å²) >= 11 is 0. The fourth-order valence-corrected chi connectivity index (χ4v) is 3.20. The van der Waals surface area contributed by atoms with Crippen molar-refractivity contribution in [2.24, 2.45) is 5.92 Å². The molecule has 1 heterocycles. The third kappa shape index (κ3) is 3.50. The highest BCUT2D eigenvalue weighted by atomic mass is 15.1. The molecular formula is C17H28N2. The van der Waals surface area contributed by atoms with Crippen LogP contribution in [-0.2, 0) is 0 Å². The van der Waals surface area contributed by atoms with E-state index in [1.165, 1.54) is 37.2 Å². The molecule has 0 spiro atoms. The predicted octanol–water partition coefficient (Wildman–Crippen LogP) is 3.98. The normalized spacial score (nSPS) is 21.4. The lowest BCUT2D eigenvalue weighted by Gasteiger charge is -2.35. The first kappa shape index (κ1) is 14.4. The molecule has 2 atom stereocenters. The summed E-state index contributed by atoms with van der Waals surface area (Å²) in [6.45, 7) is 10.3. The topological polar surface area (TPSA) is 15.3 Å². The minimum atomic E-state index is 0.485. The Hall–Kier alpha value is -1.02. The van der Waals surface area contributed by atoms with Gasteiger partial charge in [-0.1, -0.05) is 39.0 Å². The van der Waals surface area contributed by atoms with Crippen LogP contribution in [0, 0.1) is 5.92 Å². The van der Waals surface area contributed by atoms with Crippen molar-refractivity contribution in [1.29, 1.82) is 0 Å². The largest absolute Gasteiger partial charge is 0.371 e. The van der Waals surface area contributed by atoms with Gasteiger partial charge in [-0.3, -0.25) is 0 Å². The summed E-state index contributed by atoms with van der Waals surface area (Å²) in [5.74, 6) is 0.820. The van der Waals surface area contributed by atoms with Crippen LogP contribution < -0.4 is 10.2 Å². The second-order valence-electron chi connectivity index (χ2n) is 5.77. The maximum atomic E-state index is 3.61. The molecule has 0 aliphatic carbocycles. The highest BCUT2D eigenvalue weighted by Crippen LogP contribution is 2.31. The van der Waals surface area contributed by atoms with E-state index in [9.17, 15) is 0 Å². The van der Waals surface area contributed by atoms with Crippen LogP contribution in [0.25, 0.3) is 0 Å². The quantitative estimate of drug-likeness (QED) is 0.861. The first-order valence-corrected chi connectivity index (χ1v) is 7.83. The Morgan fingerprint density at radius 3 is 2.79 bits per heavy atom. The monoisotopic (exact) mass is 260 g/mol. The fourth-order valence-electron chi connectivity index (χ4n) is 3.20. The van der Waals surface area contributed by atoms with Crippen LogP contribution in [0.2, 0.25) is 0 Å². The van der Waals surface area contributed by atoms with E-state index in [4.69, 9.17) is 0 Å². The number of piperidine rings is 1. The second-order valence-corrected chi connectivity index (χ2v) is 5.77. The van der Waals surface area contributed by atoms with E-state index in [0.29, 0.717) is 6.04 Å². The highest BCUT2D eigenvalue weighted by molar-refractivity contribution is 5.55. The number of nitrogens with one attached hydrogen (secondary N) is 1. The highest BCUT2D eigenvalue weighted by Gasteiger charge is 2.21. The van der Waals surface area contributed by atoms with Crippen molar-refractivity contribution < 1.29 is 0 Å². The Labute approximate surface area is 118 Å². The van der Waals surface area contributed by atoms with Gasteiger partial charge >= 0.3 is 0 Å². The molecule has 0 radical (unpaired) electrons. The van der Waals surface area contributed by atoms with Gasteiger partial charge in [0.2, 0.25) is 0 Å². The zero-order chi connectivity index (χ0) is 13.7. The molecule has 2 rings (SSSR count). The van der Waals surface area contributed by atoms with E-state index in [2.05, 4.69) is 55.3 Å². The molecule has 1 aromatic rings. The summed E-state index contributed by atoms with van der Waals surface area (Å²) in [6, 6.07) is 9.43. The minimum absolute atomic E-state index is 0.485. The molecule has 0 bridgehead atoms. The van der Waals surface area contributed by atoms with Crippen LogP contribution >= 0.6 is 0 Å². The van der Waals surface area contributed by atoms with Crippen molar-refractivity contribution in [2.45, 2.75) is 46.1 Å². The Kier molecular flexibility index (Phi) is 5.26. The molecule has 2 nitrogen and oxygen atoms in total. The Morgan fingerprint density at radius 2 is 2.11 bits per heavy atom. The van der Waals surface area contributed by atoms with Gasteiger partial charge in [-0.15, -0.1) is 0 Å². The van der Waals surface area contributed by atoms with Crippen molar-refractivity contribution in [3.8, 4) is 0 Å². The predicted molar refractivity (Wildman–Crippen MR) is 83.8 cm³/mol. The van der Waals surface area contributed by atoms with Gasteiger partial charge in [-0.2, -0.15) is 0 Å². The zero-order valence-corrected chi connectivity index (χ0v) is 12.7. The first-order valence-electron chi connectivity index (χ1n) is 7.83. The molecule has 1 fully saturated rings. The molecular weight excluding hydrogens is 232 g/mol. The summed E-state index contributed by atoms with van der Waals surface area (Å²) in [7, 11) is 0. The van der Waals surface area contributed by atoms with Gasteiger partial charge in [-0.25, -0.2) is 0 Å².